The molecule has 0 N–H and O–H groups in total. The first kappa shape index (κ1) is 12.8. The standard InChI is InChI=1S/C12H16Cl2O/c1-3-9(2)7-15-8-10-6-11(13)4-5-12(10)14/h4-6,9H,3,7-8H2,1-2H3. The number of hydrogen-bond acceptors (Lipinski definition) is 1. The summed E-state index contributed by atoms with van der Waals surface area (Å²) >= 11 is 11.9. The Kier molecular flexibility index (Phi) is 5.44. The number of ether oxygens (including phenoxy) is 1. The highest BCUT2D eigenvalue weighted by Gasteiger charge is 2.03. The van der Waals surface area contributed by atoms with Crippen molar-refractivity contribution in [3.63, 3.8) is 0 Å². The number of benzene rings is 1. The van der Waals surface area contributed by atoms with Gasteiger partial charge in [-0.1, -0.05) is 43.5 Å². The van der Waals surface area contributed by atoms with E-state index in [1.54, 1.807) is 12.1 Å². The van der Waals surface area contributed by atoms with Gasteiger partial charge in [0, 0.05) is 16.7 Å². The van der Waals surface area contributed by atoms with Crippen molar-refractivity contribution in [3.05, 3.63) is 33.8 Å². The summed E-state index contributed by atoms with van der Waals surface area (Å²) in [4.78, 5) is 0. The molecule has 0 bridgehead atoms. The molecule has 0 heterocycles. The van der Waals surface area contributed by atoms with Crippen molar-refractivity contribution in [2.75, 3.05) is 6.61 Å². The largest absolute Gasteiger partial charge is 0.376 e. The molecule has 0 amide bonds. The van der Waals surface area contributed by atoms with Gasteiger partial charge in [-0.25, -0.2) is 0 Å². The van der Waals surface area contributed by atoms with Gasteiger partial charge >= 0.3 is 0 Å². The van der Waals surface area contributed by atoms with E-state index in [0.717, 1.165) is 18.6 Å². The van der Waals surface area contributed by atoms with Crippen LogP contribution < -0.4 is 0 Å². The van der Waals surface area contributed by atoms with Crippen LogP contribution in [0.5, 0.6) is 0 Å². The number of hydrogen-bond donors (Lipinski definition) is 0. The van der Waals surface area contributed by atoms with Gasteiger partial charge in [0.2, 0.25) is 0 Å². The first-order valence-corrected chi connectivity index (χ1v) is 5.90. The summed E-state index contributed by atoms with van der Waals surface area (Å²) in [5, 5.41) is 1.41. The molecule has 84 valence electrons. The molecule has 0 saturated carbocycles. The maximum atomic E-state index is 6.01. The van der Waals surface area contributed by atoms with E-state index in [4.69, 9.17) is 27.9 Å². The van der Waals surface area contributed by atoms with E-state index in [9.17, 15) is 0 Å². The Labute approximate surface area is 101 Å². The van der Waals surface area contributed by atoms with Crippen molar-refractivity contribution >= 4 is 23.2 Å². The van der Waals surface area contributed by atoms with E-state index in [-0.39, 0.29) is 0 Å². The maximum absolute atomic E-state index is 6.01. The third-order valence-electron chi connectivity index (χ3n) is 2.36. The van der Waals surface area contributed by atoms with Crippen LogP contribution in [0.3, 0.4) is 0 Å². The highest BCUT2D eigenvalue weighted by atomic mass is 35.5. The van der Waals surface area contributed by atoms with E-state index in [0.29, 0.717) is 22.6 Å². The predicted octanol–water partition coefficient (Wildman–Crippen LogP) is 4.56. The lowest BCUT2D eigenvalue weighted by molar-refractivity contribution is 0.0911. The van der Waals surface area contributed by atoms with E-state index in [2.05, 4.69) is 13.8 Å². The molecule has 3 heteroatoms. The van der Waals surface area contributed by atoms with Gasteiger partial charge in [-0.15, -0.1) is 0 Å². The zero-order valence-electron chi connectivity index (χ0n) is 9.09. The molecule has 15 heavy (non-hydrogen) atoms. The number of rotatable bonds is 5. The minimum Gasteiger partial charge on any atom is -0.376 e. The smallest absolute Gasteiger partial charge is 0.0731 e. The summed E-state index contributed by atoms with van der Waals surface area (Å²) in [6.45, 7) is 5.61. The number of halogens is 2. The van der Waals surface area contributed by atoms with E-state index in [1.165, 1.54) is 0 Å². The van der Waals surface area contributed by atoms with Crippen molar-refractivity contribution in [1.29, 1.82) is 0 Å². The third kappa shape index (κ3) is 4.42. The maximum Gasteiger partial charge on any atom is 0.0731 e. The first-order chi connectivity index (χ1) is 7.13. The van der Waals surface area contributed by atoms with Crippen LogP contribution >= 0.6 is 23.2 Å². The summed E-state index contributed by atoms with van der Waals surface area (Å²) < 4.78 is 5.57. The average molecular weight is 247 g/mol. The quantitative estimate of drug-likeness (QED) is 0.741. The molecular weight excluding hydrogens is 231 g/mol. The van der Waals surface area contributed by atoms with E-state index in [1.807, 2.05) is 6.07 Å². The van der Waals surface area contributed by atoms with Crippen LogP contribution in [0.15, 0.2) is 18.2 Å². The van der Waals surface area contributed by atoms with Gasteiger partial charge in [-0.2, -0.15) is 0 Å². The van der Waals surface area contributed by atoms with Crippen LogP contribution in [-0.4, -0.2) is 6.61 Å². The fourth-order valence-corrected chi connectivity index (χ4v) is 1.51. The minimum atomic E-state index is 0.531. The van der Waals surface area contributed by atoms with Crippen molar-refractivity contribution < 1.29 is 4.74 Å². The van der Waals surface area contributed by atoms with Gasteiger partial charge in [0.05, 0.1) is 6.61 Å². The van der Waals surface area contributed by atoms with Gasteiger partial charge in [0.25, 0.3) is 0 Å². The fourth-order valence-electron chi connectivity index (χ4n) is 1.14. The Hall–Kier alpha value is -0.240. The molecule has 1 nitrogen and oxygen atoms in total. The second-order valence-corrected chi connectivity index (χ2v) is 4.61. The monoisotopic (exact) mass is 246 g/mol. The summed E-state index contributed by atoms with van der Waals surface area (Å²) in [6.07, 6.45) is 1.13. The molecule has 0 aliphatic carbocycles. The highest BCUT2D eigenvalue weighted by Crippen LogP contribution is 2.21. The Morgan fingerprint density at radius 2 is 2.07 bits per heavy atom. The topological polar surface area (TPSA) is 9.23 Å². The zero-order valence-corrected chi connectivity index (χ0v) is 10.6. The normalized spacial score (nSPS) is 12.8. The molecule has 0 spiro atoms. The lowest BCUT2D eigenvalue weighted by Gasteiger charge is -2.10. The lowest BCUT2D eigenvalue weighted by Crippen LogP contribution is -2.04. The predicted molar refractivity (Wildman–Crippen MR) is 65.6 cm³/mol. The van der Waals surface area contributed by atoms with Gasteiger partial charge < -0.3 is 4.74 Å². The van der Waals surface area contributed by atoms with Crippen LogP contribution in [0.4, 0.5) is 0 Å². The summed E-state index contributed by atoms with van der Waals surface area (Å²) in [7, 11) is 0. The van der Waals surface area contributed by atoms with Gasteiger partial charge in [0.15, 0.2) is 0 Å². The van der Waals surface area contributed by atoms with E-state index < -0.39 is 0 Å². The Morgan fingerprint density at radius 1 is 1.33 bits per heavy atom. The molecule has 1 atom stereocenters. The second kappa shape index (κ2) is 6.37. The molecular formula is C12H16Cl2O. The Bertz CT molecular complexity index is 312. The van der Waals surface area contributed by atoms with Crippen molar-refractivity contribution in [2.45, 2.75) is 26.9 Å². The van der Waals surface area contributed by atoms with E-state index >= 15 is 0 Å². The lowest BCUT2D eigenvalue weighted by atomic mass is 10.1. The fraction of sp³-hybridized carbons (Fsp3) is 0.500. The van der Waals surface area contributed by atoms with Crippen LogP contribution in [0, 0.1) is 5.92 Å². The Morgan fingerprint density at radius 3 is 2.73 bits per heavy atom. The molecule has 0 radical (unpaired) electrons. The van der Waals surface area contributed by atoms with Crippen LogP contribution in [0.1, 0.15) is 25.8 Å². The van der Waals surface area contributed by atoms with Gasteiger partial charge in [0.1, 0.15) is 0 Å². The molecule has 0 saturated heterocycles. The van der Waals surface area contributed by atoms with Crippen LogP contribution in [0.2, 0.25) is 10.0 Å². The molecule has 0 aromatic heterocycles. The van der Waals surface area contributed by atoms with Gasteiger partial charge in [-0.3, -0.25) is 0 Å². The summed E-state index contributed by atoms with van der Waals surface area (Å²) in [5.41, 5.74) is 0.951. The zero-order chi connectivity index (χ0) is 11.3. The molecule has 1 aromatic rings. The van der Waals surface area contributed by atoms with Crippen molar-refractivity contribution in [3.8, 4) is 0 Å². The average Bonchev–Trinajstić information content (AvgIpc) is 2.23. The van der Waals surface area contributed by atoms with Crippen molar-refractivity contribution in [2.24, 2.45) is 5.92 Å². The highest BCUT2D eigenvalue weighted by molar-refractivity contribution is 6.33. The molecule has 0 fully saturated rings. The molecule has 1 aromatic carbocycles. The molecule has 0 aliphatic heterocycles. The van der Waals surface area contributed by atoms with Crippen molar-refractivity contribution in [1.82, 2.24) is 0 Å². The van der Waals surface area contributed by atoms with Crippen LogP contribution in [-0.2, 0) is 11.3 Å². The Balaban J connectivity index is 2.46. The first-order valence-electron chi connectivity index (χ1n) is 5.15. The second-order valence-electron chi connectivity index (χ2n) is 3.76. The summed E-state index contributed by atoms with van der Waals surface area (Å²) in [6, 6.07) is 5.42. The third-order valence-corrected chi connectivity index (χ3v) is 2.97. The molecule has 1 rings (SSSR count). The summed E-state index contributed by atoms with van der Waals surface area (Å²) in [5.74, 6) is 0.586. The SMILES string of the molecule is CCC(C)COCc1cc(Cl)ccc1Cl. The van der Waals surface area contributed by atoms with Crippen LogP contribution in [0.25, 0.3) is 0 Å². The molecule has 0 aliphatic rings. The minimum absolute atomic E-state index is 0.531. The van der Waals surface area contributed by atoms with Gasteiger partial charge in [-0.05, 0) is 29.7 Å². The molecule has 1 unspecified atom stereocenters.